The summed E-state index contributed by atoms with van der Waals surface area (Å²) in [6.45, 7) is 2.89. The van der Waals surface area contributed by atoms with E-state index in [2.05, 4.69) is 4.98 Å². The third-order valence-corrected chi connectivity index (χ3v) is 5.34. The van der Waals surface area contributed by atoms with Crippen LogP contribution in [0.15, 0.2) is 41.8 Å². The number of sulfonamides is 1. The van der Waals surface area contributed by atoms with Crippen molar-refractivity contribution in [1.29, 1.82) is 0 Å². The Labute approximate surface area is 124 Å². The zero-order valence-electron chi connectivity index (χ0n) is 11.8. The van der Waals surface area contributed by atoms with E-state index in [1.807, 2.05) is 31.2 Å². The van der Waals surface area contributed by atoms with Gasteiger partial charge in [-0.05, 0) is 25.0 Å². The fraction of sp³-hybridized carbons (Fsp3) is 0.357. The van der Waals surface area contributed by atoms with Gasteiger partial charge in [0.25, 0.3) is 10.0 Å². The molecular formula is C14H18N4O2S. The first-order valence-corrected chi connectivity index (χ1v) is 8.34. The lowest BCUT2D eigenvalue weighted by molar-refractivity contribution is 0.572. The van der Waals surface area contributed by atoms with E-state index in [0.29, 0.717) is 18.7 Å². The number of aryl methyl sites for hydroxylation is 1. The lowest BCUT2D eigenvalue weighted by atomic mass is 10.0. The molecule has 0 aliphatic carbocycles. The normalized spacial score (nSPS) is 18.6. The van der Waals surface area contributed by atoms with Crippen LogP contribution >= 0.6 is 0 Å². The molecule has 0 saturated carbocycles. The van der Waals surface area contributed by atoms with Crippen molar-refractivity contribution in [3.8, 4) is 0 Å². The Morgan fingerprint density at radius 2 is 2.14 bits per heavy atom. The quantitative estimate of drug-likeness (QED) is 0.916. The highest BCUT2D eigenvalue weighted by Gasteiger charge is 2.33. The number of anilines is 1. The van der Waals surface area contributed by atoms with Crippen LogP contribution in [0.4, 0.5) is 5.69 Å². The van der Waals surface area contributed by atoms with E-state index in [4.69, 9.17) is 5.73 Å². The summed E-state index contributed by atoms with van der Waals surface area (Å²) in [5, 5.41) is 0.0632. The monoisotopic (exact) mass is 306 g/mol. The highest BCUT2D eigenvalue weighted by atomic mass is 32.2. The number of nitrogens with two attached hydrogens (primary N) is 1. The second-order valence-electron chi connectivity index (χ2n) is 5.17. The number of fused-ring (bicyclic) bond motifs is 1. The van der Waals surface area contributed by atoms with Gasteiger partial charge < -0.3 is 10.3 Å². The molecule has 3 rings (SSSR count). The zero-order valence-corrected chi connectivity index (χ0v) is 12.6. The molecule has 2 aromatic rings. The standard InChI is InChI=1S/C14H18N4O2S/c1-2-17-9-14(16-10-17)21(19,20)18-8-12(15)7-11-5-3-4-6-13(11)18/h3-6,9-10,12H,2,7-8,15H2,1H3. The topological polar surface area (TPSA) is 81.2 Å². The van der Waals surface area contributed by atoms with Gasteiger partial charge in [0.2, 0.25) is 0 Å². The van der Waals surface area contributed by atoms with E-state index >= 15 is 0 Å². The van der Waals surface area contributed by atoms with E-state index in [-0.39, 0.29) is 17.6 Å². The summed E-state index contributed by atoms with van der Waals surface area (Å²) in [6, 6.07) is 7.26. The zero-order chi connectivity index (χ0) is 15.0. The van der Waals surface area contributed by atoms with Crippen molar-refractivity contribution in [2.45, 2.75) is 31.0 Å². The van der Waals surface area contributed by atoms with Gasteiger partial charge in [0, 0.05) is 25.3 Å². The third-order valence-electron chi connectivity index (χ3n) is 3.67. The minimum atomic E-state index is -3.68. The van der Waals surface area contributed by atoms with Gasteiger partial charge in [0.15, 0.2) is 5.03 Å². The van der Waals surface area contributed by atoms with E-state index < -0.39 is 10.0 Å². The summed E-state index contributed by atoms with van der Waals surface area (Å²) in [5.74, 6) is 0. The van der Waals surface area contributed by atoms with Gasteiger partial charge in [0.1, 0.15) is 0 Å². The molecule has 6 nitrogen and oxygen atoms in total. The second-order valence-corrected chi connectivity index (χ2v) is 6.98. The number of imidazole rings is 1. The molecule has 0 radical (unpaired) electrons. The summed E-state index contributed by atoms with van der Waals surface area (Å²) in [7, 11) is -3.68. The molecule has 0 bridgehead atoms. The fourth-order valence-electron chi connectivity index (χ4n) is 2.57. The molecule has 112 valence electrons. The van der Waals surface area contributed by atoms with Crippen LogP contribution < -0.4 is 10.0 Å². The van der Waals surface area contributed by atoms with Crippen molar-refractivity contribution in [2.75, 3.05) is 10.8 Å². The van der Waals surface area contributed by atoms with Gasteiger partial charge in [-0.25, -0.2) is 4.98 Å². The van der Waals surface area contributed by atoms with E-state index in [0.717, 1.165) is 5.56 Å². The average molecular weight is 306 g/mol. The molecule has 1 aliphatic heterocycles. The van der Waals surface area contributed by atoms with Crippen LogP contribution in [-0.2, 0) is 23.0 Å². The molecule has 0 fully saturated rings. The molecule has 7 heteroatoms. The number of aromatic nitrogens is 2. The van der Waals surface area contributed by atoms with Crippen LogP contribution in [0.25, 0.3) is 0 Å². The van der Waals surface area contributed by atoms with Crippen molar-refractivity contribution in [3.05, 3.63) is 42.4 Å². The van der Waals surface area contributed by atoms with Crippen molar-refractivity contribution in [3.63, 3.8) is 0 Å². The maximum atomic E-state index is 12.8. The smallest absolute Gasteiger partial charge is 0.283 e. The number of para-hydroxylation sites is 1. The molecule has 1 atom stereocenters. The van der Waals surface area contributed by atoms with Crippen LogP contribution in [0, 0.1) is 0 Å². The molecule has 2 heterocycles. The average Bonchev–Trinajstić information content (AvgIpc) is 2.96. The summed E-state index contributed by atoms with van der Waals surface area (Å²) < 4.78 is 28.8. The minimum absolute atomic E-state index is 0.0632. The van der Waals surface area contributed by atoms with Crippen LogP contribution in [0.5, 0.6) is 0 Å². The molecule has 1 aromatic carbocycles. The largest absolute Gasteiger partial charge is 0.336 e. The van der Waals surface area contributed by atoms with Gasteiger partial charge in [-0.15, -0.1) is 0 Å². The number of nitrogens with zero attached hydrogens (tertiary/aromatic N) is 3. The van der Waals surface area contributed by atoms with Crippen LogP contribution in [0.1, 0.15) is 12.5 Å². The SMILES string of the molecule is CCn1cnc(S(=O)(=O)N2CC(N)Cc3ccccc32)c1. The predicted octanol–water partition coefficient (Wildman–Crippen LogP) is 0.982. The first-order chi connectivity index (χ1) is 10.0. The highest BCUT2D eigenvalue weighted by molar-refractivity contribution is 7.92. The second kappa shape index (κ2) is 5.16. The van der Waals surface area contributed by atoms with Crippen molar-refractivity contribution >= 4 is 15.7 Å². The number of hydrogen-bond donors (Lipinski definition) is 1. The van der Waals surface area contributed by atoms with Gasteiger partial charge in [-0.3, -0.25) is 4.31 Å². The maximum absolute atomic E-state index is 12.8. The minimum Gasteiger partial charge on any atom is -0.336 e. The molecule has 0 spiro atoms. The molecular weight excluding hydrogens is 288 g/mol. The Kier molecular flexibility index (Phi) is 3.46. The number of rotatable bonds is 3. The van der Waals surface area contributed by atoms with Gasteiger partial charge in [0.05, 0.1) is 12.0 Å². The Bertz CT molecular complexity index is 754. The Hall–Kier alpha value is -1.86. The van der Waals surface area contributed by atoms with Gasteiger partial charge in [-0.1, -0.05) is 18.2 Å². The molecule has 0 amide bonds. The summed E-state index contributed by atoms with van der Waals surface area (Å²) in [6.07, 6.45) is 3.77. The van der Waals surface area contributed by atoms with Gasteiger partial charge >= 0.3 is 0 Å². The first kappa shape index (κ1) is 14.1. The van der Waals surface area contributed by atoms with Crippen LogP contribution in [0.2, 0.25) is 0 Å². The lowest BCUT2D eigenvalue weighted by Gasteiger charge is -2.33. The van der Waals surface area contributed by atoms with Crippen molar-refractivity contribution in [2.24, 2.45) is 5.73 Å². The maximum Gasteiger partial charge on any atom is 0.283 e. The van der Waals surface area contributed by atoms with E-state index in [9.17, 15) is 8.42 Å². The summed E-state index contributed by atoms with van der Waals surface area (Å²) >= 11 is 0. The Morgan fingerprint density at radius 1 is 1.38 bits per heavy atom. The fourth-order valence-corrected chi connectivity index (χ4v) is 4.07. The highest BCUT2D eigenvalue weighted by Crippen LogP contribution is 2.30. The lowest BCUT2D eigenvalue weighted by Crippen LogP contribution is -2.46. The molecule has 0 saturated heterocycles. The Morgan fingerprint density at radius 3 is 2.86 bits per heavy atom. The first-order valence-electron chi connectivity index (χ1n) is 6.90. The molecule has 21 heavy (non-hydrogen) atoms. The number of hydrogen-bond acceptors (Lipinski definition) is 4. The third kappa shape index (κ3) is 2.43. The molecule has 1 unspecified atom stereocenters. The van der Waals surface area contributed by atoms with Crippen LogP contribution in [0.3, 0.4) is 0 Å². The van der Waals surface area contributed by atoms with E-state index in [1.165, 1.54) is 10.6 Å². The summed E-state index contributed by atoms with van der Waals surface area (Å²) in [5.41, 5.74) is 7.67. The van der Waals surface area contributed by atoms with Gasteiger partial charge in [-0.2, -0.15) is 8.42 Å². The molecule has 1 aliphatic rings. The van der Waals surface area contributed by atoms with E-state index in [1.54, 1.807) is 10.8 Å². The summed E-state index contributed by atoms with van der Waals surface area (Å²) in [4.78, 5) is 4.02. The Balaban J connectivity index is 2.07. The van der Waals surface area contributed by atoms with Crippen molar-refractivity contribution < 1.29 is 8.42 Å². The molecule has 1 aromatic heterocycles. The van der Waals surface area contributed by atoms with Crippen molar-refractivity contribution in [1.82, 2.24) is 9.55 Å². The molecule has 2 N–H and O–H groups in total. The van der Waals surface area contributed by atoms with Crippen LogP contribution in [-0.4, -0.2) is 30.6 Å². The number of benzene rings is 1. The predicted molar refractivity (Wildman–Crippen MR) is 80.6 cm³/mol.